The SMILES string of the molecule is Cc1ccccc1CSc1nnc(CNC(=O)Nc2ccc(C#N)cc2)n1-c1cc(Cl)ccc1Cl. The highest BCUT2D eigenvalue weighted by Crippen LogP contribution is 2.31. The maximum Gasteiger partial charge on any atom is 0.319 e. The molecule has 4 rings (SSSR count). The van der Waals surface area contributed by atoms with Gasteiger partial charge in [-0.3, -0.25) is 4.57 Å². The Kier molecular flexibility index (Phi) is 7.93. The molecular weight excluding hydrogens is 503 g/mol. The third-order valence-electron chi connectivity index (χ3n) is 5.15. The van der Waals surface area contributed by atoms with E-state index in [2.05, 4.69) is 39.9 Å². The minimum absolute atomic E-state index is 0.100. The maximum atomic E-state index is 12.5. The van der Waals surface area contributed by atoms with Crippen molar-refractivity contribution in [2.45, 2.75) is 24.4 Å². The van der Waals surface area contributed by atoms with Gasteiger partial charge in [0.1, 0.15) is 0 Å². The van der Waals surface area contributed by atoms with Crippen molar-refractivity contribution in [2.75, 3.05) is 5.32 Å². The second-order valence-electron chi connectivity index (χ2n) is 7.54. The van der Waals surface area contributed by atoms with E-state index in [9.17, 15) is 4.79 Å². The molecule has 35 heavy (non-hydrogen) atoms. The zero-order valence-corrected chi connectivity index (χ0v) is 21.0. The molecule has 0 aliphatic carbocycles. The zero-order chi connectivity index (χ0) is 24.8. The Labute approximate surface area is 217 Å². The molecule has 1 aromatic heterocycles. The van der Waals surface area contributed by atoms with Gasteiger partial charge in [-0.2, -0.15) is 5.26 Å². The first-order chi connectivity index (χ1) is 16.9. The summed E-state index contributed by atoms with van der Waals surface area (Å²) in [5.74, 6) is 1.19. The van der Waals surface area contributed by atoms with Crippen molar-refractivity contribution >= 4 is 46.7 Å². The summed E-state index contributed by atoms with van der Waals surface area (Å²) in [6.07, 6.45) is 0. The molecule has 0 radical (unpaired) electrons. The number of aryl methyl sites for hydroxylation is 1. The van der Waals surface area contributed by atoms with Gasteiger partial charge < -0.3 is 10.6 Å². The number of carbonyl (C=O) groups is 1. The van der Waals surface area contributed by atoms with Crippen LogP contribution in [0, 0.1) is 18.3 Å². The van der Waals surface area contributed by atoms with E-state index >= 15 is 0 Å². The molecular formula is C25H20Cl2N6OS. The summed E-state index contributed by atoms with van der Waals surface area (Å²) in [7, 11) is 0. The van der Waals surface area contributed by atoms with Crippen molar-refractivity contribution in [3.63, 3.8) is 0 Å². The van der Waals surface area contributed by atoms with Crippen molar-refractivity contribution in [2.24, 2.45) is 0 Å². The van der Waals surface area contributed by atoms with Gasteiger partial charge in [-0.05, 0) is 60.5 Å². The Bertz CT molecular complexity index is 1400. The fraction of sp³-hybridized carbons (Fsp3) is 0.120. The predicted octanol–water partition coefficient (Wildman–Crippen LogP) is 6.37. The highest BCUT2D eigenvalue weighted by atomic mass is 35.5. The topological polar surface area (TPSA) is 95.6 Å². The minimum Gasteiger partial charge on any atom is -0.331 e. The van der Waals surface area contributed by atoms with E-state index in [1.54, 1.807) is 47.0 Å². The molecule has 0 atom stereocenters. The van der Waals surface area contributed by atoms with Crippen LogP contribution in [0.25, 0.3) is 5.69 Å². The van der Waals surface area contributed by atoms with Crippen LogP contribution in [0.1, 0.15) is 22.5 Å². The number of hydrogen-bond donors (Lipinski definition) is 2. The Balaban J connectivity index is 1.55. The molecule has 0 bridgehead atoms. The molecule has 0 fully saturated rings. The molecule has 176 valence electrons. The van der Waals surface area contributed by atoms with Crippen LogP contribution in [0.5, 0.6) is 0 Å². The molecule has 3 aromatic carbocycles. The molecule has 2 amide bonds. The third-order valence-corrected chi connectivity index (χ3v) is 6.68. The number of amides is 2. The number of nitrogens with one attached hydrogen (secondary N) is 2. The first-order valence-corrected chi connectivity index (χ1v) is 12.3. The van der Waals surface area contributed by atoms with Gasteiger partial charge in [0.25, 0.3) is 0 Å². The van der Waals surface area contributed by atoms with Crippen LogP contribution in [-0.2, 0) is 12.3 Å². The van der Waals surface area contributed by atoms with Crippen LogP contribution in [0.2, 0.25) is 10.0 Å². The summed E-state index contributed by atoms with van der Waals surface area (Å²) < 4.78 is 1.80. The van der Waals surface area contributed by atoms with Gasteiger partial charge in [-0.25, -0.2) is 4.79 Å². The smallest absolute Gasteiger partial charge is 0.319 e. The summed E-state index contributed by atoms with van der Waals surface area (Å²) in [4.78, 5) is 12.5. The lowest BCUT2D eigenvalue weighted by molar-refractivity contribution is 0.251. The van der Waals surface area contributed by atoms with Crippen LogP contribution in [-0.4, -0.2) is 20.8 Å². The van der Waals surface area contributed by atoms with E-state index in [1.165, 1.54) is 22.9 Å². The molecule has 0 unspecified atom stereocenters. The second kappa shape index (κ2) is 11.3. The predicted molar refractivity (Wildman–Crippen MR) is 139 cm³/mol. The molecule has 7 nitrogen and oxygen atoms in total. The number of thioether (sulfide) groups is 1. The fourth-order valence-electron chi connectivity index (χ4n) is 3.28. The van der Waals surface area contributed by atoms with Crippen LogP contribution >= 0.6 is 35.0 Å². The molecule has 10 heteroatoms. The summed E-state index contributed by atoms with van der Waals surface area (Å²) >= 11 is 14.3. The summed E-state index contributed by atoms with van der Waals surface area (Å²) in [5.41, 5.74) is 4.08. The van der Waals surface area contributed by atoms with Crippen molar-refractivity contribution < 1.29 is 4.79 Å². The molecule has 0 aliphatic heterocycles. The number of nitrogens with zero attached hydrogens (tertiary/aromatic N) is 4. The Morgan fingerprint density at radius 2 is 1.86 bits per heavy atom. The van der Waals surface area contributed by atoms with E-state index in [1.807, 2.05) is 18.2 Å². The zero-order valence-electron chi connectivity index (χ0n) is 18.6. The molecule has 4 aromatic rings. The van der Waals surface area contributed by atoms with Gasteiger partial charge in [0.2, 0.25) is 0 Å². The number of nitriles is 1. The van der Waals surface area contributed by atoms with E-state index in [-0.39, 0.29) is 6.54 Å². The van der Waals surface area contributed by atoms with E-state index < -0.39 is 6.03 Å². The minimum atomic E-state index is -0.421. The Morgan fingerprint density at radius 1 is 1.09 bits per heavy atom. The highest BCUT2D eigenvalue weighted by molar-refractivity contribution is 7.98. The third kappa shape index (κ3) is 6.14. The summed E-state index contributed by atoms with van der Waals surface area (Å²) in [6, 6.07) is 21.5. The van der Waals surface area contributed by atoms with Gasteiger partial charge >= 0.3 is 6.03 Å². The quantitative estimate of drug-likeness (QED) is 0.275. The van der Waals surface area contributed by atoms with Gasteiger partial charge in [-0.15, -0.1) is 10.2 Å². The molecule has 1 heterocycles. The van der Waals surface area contributed by atoms with Gasteiger partial charge in [-0.1, -0.05) is 59.2 Å². The lowest BCUT2D eigenvalue weighted by atomic mass is 10.1. The molecule has 0 saturated heterocycles. The number of hydrogen-bond acceptors (Lipinski definition) is 5. The van der Waals surface area contributed by atoms with Crippen molar-refractivity contribution in [3.8, 4) is 11.8 Å². The number of benzene rings is 3. The first kappa shape index (κ1) is 24.6. The largest absolute Gasteiger partial charge is 0.331 e. The number of urea groups is 1. The number of rotatable bonds is 7. The van der Waals surface area contributed by atoms with Crippen LogP contribution in [0.15, 0.2) is 71.9 Å². The van der Waals surface area contributed by atoms with Crippen molar-refractivity contribution in [3.05, 3.63) is 99.3 Å². The van der Waals surface area contributed by atoms with Crippen LogP contribution in [0.4, 0.5) is 10.5 Å². The summed E-state index contributed by atoms with van der Waals surface area (Å²) in [5, 5.41) is 24.7. The lowest BCUT2D eigenvalue weighted by Crippen LogP contribution is -2.29. The van der Waals surface area contributed by atoms with Crippen LogP contribution < -0.4 is 10.6 Å². The molecule has 0 saturated carbocycles. The highest BCUT2D eigenvalue weighted by Gasteiger charge is 2.18. The Hall–Kier alpha value is -3.51. The van der Waals surface area contributed by atoms with Gasteiger partial charge in [0.05, 0.1) is 28.9 Å². The molecule has 0 aliphatic rings. The average Bonchev–Trinajstić information content (AvgIpc) is 3.26. The van der Waals surface area contributed by atoms with Gasteiger partial charge in [0.15, 0.2) is 11.0 Å². The van der Waals surface area contributed by atoms with Crippen molar-refractivity contribution in [1.29, 1.82) is 5.26 Å². The first-order valence-electron chi connectivity index (χ1n) is 10.6. The fourth-order valence-corrected chi connectivity index (χ4v) is 4.69. The van der Waals surface area contributed by atoms with Crippen LogP contribution in [0.3, 0.4) is 0 Å². The van der Waals surface area contributed by atoms with Gasteiger partial charge in [0, 0.05) is 16.5 Å². The number of carbonyl (C=O) groups excluding carboxylic acids is 1. The second-order valence-corrected chi connectivity index (χ2v) is 9.33. The normalized spacial score (nSPS) is 10.6. The average molecular weight is 523 g/mol. The summed E-state index contributed by atoms with van der Waals surface area (Å²) in [6.45, 7) is 2.17. The monoisotopic (exact) mass is 522 g/mol. The lowest BCUT2D eigenvalue weighted by Gasteiger charge is -2.13. The van der Waals surface area contributed by atoms with E-state index in [0.29, 0.717) is 43.7 Å². The number of halogens is 2. The Morgan fingerprint density at radius 3 is 2.60 bits per heavy atom. The number of aromatic nitrogens is 3. The maximum absolute atomic E-state index is 12.5. The standard InChI is InChI=1S/C25H20Cl2N6OS/c1-16-4-2-3-5-18(16)15-35-25-32-31-23(33(25)22-12-19(26)8-11-21(22)27)14-29-24(34)30-20-9-6-17(13-28)7-10-20/h2-12H,14-15H2,1H3,(H2,29,30,34). The molecule has 2 N–H and O–H groups in total. The van der Waals surface area contributed by atoms with E-state index in [4.69, 9.17) is 28.5 Å². The number of anilines is 1. The van der Waals surface area contributed by atoms with E-state index in [0.717, 1.165) is 0 Å². The molecule has 0 spiro atoms. The van der Waals surface area contributed by atoms with Crippen molar-refractivity contribution in [1.82, 2.24) is 20.1 Å².